The Kier molecular flexibility index (Phi) is 5.82. The first-order valence-electron chi connectivity index (χ1n) is 5.35. The average molecular weight is 238 g/mol. The van der Waals surface area contributed by atoms with Crippen LogP contribution in [-0.2, 0) is 11.2 Å². The predicted octanol–water partition coefficient (Wildman–Crippen LogP) is 1.57. The van der Waals surface area contributed by atoms with Gasteiger partial charge in [-0.3, -0.25) is 4.79 Å². The Morgan fingerprint density at radius 1 is 1.69 bits per heavy atom. The maximum Gasteiger partial charge on any atom is 0.234 e. The number of carbonyl (C=O) groups is 1. The smallest absolute Gasteiger partial charge is 0.234 e. The average Bonchev–Trinajstić information content (AvgIpc) is 2.70. The van der Waals surface area contributed by atoms with Gasteiger partial charge in [-0.15, -0.1) is 17.9 Å². The molecule has 88 valence electrons. The molecule has 0 aliphatic rings. The highest BCUT2D eigenvalue weighted by atomic mass is 32.1. The van der Waals surface area contributed by atoms with Gasteiger partial charge in [-0.05, 0) is 18.4 Å². The van der Waals surface area contributed by atoms with Crippen LogP contribution in [0.4, 0.5) is 0 Å². The highest BCUT2D eigenvalue weighted by Crippen LogP contribution is 2.10. The van der Waals surface area contributed by atoms with Crippen molar-refractivity contribution in [1.29, 1.82) is 0 Å². The third-order valence-electron chi connectivity index (χ3n) is 2.07. The molecule has 1 aromatic rings. The lowest BCUT2D eigenvalue weighted by molar-refractivity contribution is -0.120. The third kappa shape index (κ3) is 5.09. The lowest BCUT2D eigenvalue weighted by Gasteiger charge is -2.12. The number of nitrogens with one attached hydrogen (secondary N) is 2. The van der Waals surface area contributed by atoms with Crippen molar-refractivity contribution in [2.75, 3.05) is 13.1 Å². The van der Waals surface area contributed by atoms with E-state index in [2.05, 4.69) is 28.7 Å². The quantitative estimate of drug-likeness (QED) is 0.559. The van der Waals surface area contributed by atoms with Crippen LogP contribution in [-0.4, -0.2) is 25.0 Å². The molecule has 0 aliphatic carbocycles. The number of hydrogen-bond donors (Lipinski definition) is 2. The van der Waals surface area contributed by atoms with Crippen molar-refractivity contribution >= 4 is 17.2 Å². The minimum Gasteiger partial charge on any atom is -0.352 e. The van der Waals surface area contributed by atoms with Gasteiger partial charge in [-0.1, -0.05) is 12.1 Å². The van der Waals surface area contributed by atoms with Gasteiger partial charge in [0.2, 0.25) is 5.91 Å². The van der Waals surface area contributed by atoms with Gasteiger partial charge < -0.3 is 10.6 Å². The van der Waals surface area contributed by atoms with Crippen molar-refractivity contribution < 1.29 is 4.79 Å². The molecule has 16 heavy (non-hydrogen) atoms. The molecule has 0 spiro atoms. The van der Waals surface area contributed by atoms with Crippen LogP contribution >= 0.6 is 11.3 Å². The molecule has 0 aliphatic heterocycles. The van der Waals surface area contributed by atoms with Crippen LogP contribution in [0, 0.1) is 0 Å². The number of rotatable bonds is 7. The first-order chi connectivity index (χ1) is 7.72. The molecule has 0 aromatic carbocycles. The van der Waals surface area contributed by atoms with Crippen molar-refractivity contribution in [2.24, 2.45) is 0 Å². The number of hydrogen-bond acceptors (Lipinski definition) is 3. The molecule has 4 heteroatoms. The second-order valence-corrected chi connectivity index (χ2v) is 4.70. The van der Waals surface area contributed by atoms with E-state index < -0.39 is 0 Å². The zero-order valence-corrected chi connectivity index (χ0v) is 10.3. The van der Waals surface area contributed by atoms with E-state index in [1.165, 1.54) is 4.88 Å². The van der Waals surface area contributed by atoms with Crippen LogP contribution < -0.4 is 10.6 Å². The highest BCUT2D eigenvalue weighted by Gasteiger charge is 2.07. The van der Waals surface area contributed by atoms with Crippen LogP contribution in [0.1, 0.15) is 11.8 Å². The zero-order valence-electron chi connectivity index (χ0n) is 9.53. The van der Waals surface area contributed by atoms with Gasteiger partial charge in [0.25, 0.3) is 0 Å². The summed E-state index contributed by atoms with van der Waals surface area (Å²) in [5, 5.41) is 7.97. The predicted molar refractivity (Wildman–Crippen MR) is 68.7 cm³/mol. The van der Waals surface area contributed by atoms with E-state index >= 15 is 0 Å². The third-order valence-corrected chi connectivity index (χ3v) is 2.97. The molecule has 1 aromatic heterocycles. The minimum absolute atomic E-state index is 0.0332. The van der Waals surface area contributed by atoms with E-state index in [9.17, 15) is 4.79 Å². The van der Waals surface area contributed by atoms with Crippen LogP contribution in [0.15, 0.2) is 30.2 Å². The fourth-order valence-corrected chi connectivity index (χ4v) is 2.23. The molecule has 1 rings (SSSR count). The number of thiophene rings is 1. The van der Waals surface area contributed by atoms with Gasteiger partial charge >= 0.3 is 0 Å². The Morgan fingerprint density at radius 2 is 2.50 bits per heavy atom. The van der Waals surface area contributed by atoms with E-state index in [0.29, 0.717) is 13.1 Å². The fourth-order valence-electron chi connectivity index (χ4n) is 1.40. The molecule has 0 radical (unpaired) electrons. The summed E-state index contributed by atoms with van der Waals surface area (Å²) in [7, 11) is 0. The van der Waals surface area contributed by atoms with Crippen LogP contribution in [0.5, 0.6) is 0 Å². The molecule has 3 nitrogen and oxygen atoms in total. The Morgan fingerprint density at radius 3 is 3.12 bits per heavy atom. The summed E-state index contributed by atoms with van der Waals surface area (Å²) in [5.41, 5.74) is 0. The minimum atomic E-state index is 0.0332. The summed E-state index contributed by atoms with van der Waals surface area (Å²) in [5.74, 6) is 0.0332. The van der Waals surface area contributed by atoms with Gasteiger partial charge in [0, 0.05) is 23.9 Å². The summed E-state index contributed by atoms with van der Waals surface area (Å²) in [6, 6.07) is 4.29. The Bertz CT molecular complexity index is 322. The summed E-state index contributed by atoms with van der Waals surface area (Å²) in [6.07, 6.45) is 2.63. The van der Waals surface area contributed by atoms with Crippen LogP contribution in [0.2, 0.25) is 0 Å². The first kappa shape index (κ1) is 12.9. The van der Waals surface area contributed by atoms with Gasteiger partial charge in [-0.25, -0.2) is 0 Å². The molecule has 0 saturated heterocycles. The van der Waals surface area contributed by atoms with E-state index in [1.807, 2.05) is 13.0 Å². The second kappa shape index (κ2) is 7.19. The maximum absolute atomic E-state index is 11.5. The second-order valence-electron chi connectivity index (χ2n) is 3.67. The van der Waals surface area contributed by atoms with Gasteiger partial charge in [0.05, 0.1) is 6.54 Å². The largest absolute Gasteiger partial charge is 0.352 e. The van der Waals surface area contributed by atoms with E-state index in [0.717, 1.165) is 6.42 Å². The Hall–Kier alpha value is -1.13. The molecule has 0 bridgehead atoms. The summed E-state index contributed by atoms with van der Waals surface area (Å²) >= 11 is 1.72. The fraction of sp³-hybridized carbons (Fsp3) is 0.417. The van der Waals surface area contributed by atoms with Crippen molar-refractivity contribution in [3.63, 3.8) is 0 Å². The monoisotopic (exact) mass is 238 g/mol. The Labute approximate surface area is 101 Å². The normalized spacial score (nSPS) is 12.1. The van der Waals surface area contributed by atoms with Crippen LogP contribution in [0.25, 0.3) is 0 Å². The summed E-state index contributed by atoms with van der Waals surface area (Å²) in [4.78, 5) is 12.8. The SMILES string of the molecule is C=CCNCC(=O)NC(C)Cc1cccs1. The molecule has 1 unspecified atom stereocenters. The molecule has 1 atom stereocenters. The maximum atomic E-state index is 11.5. The van der Waals surface area contributed by atoms with Crippen LogP contribution in [0.3, 0.4) is 0 Å². The summed E-state index contributed by atoms with van der Waals surface area (Å²) in [6.45, 7) is 6.60. The molecule has 1 heterocycles. The van der Waals surface area contributed by atoms with Crippen molar-refractivity contribution in [3.8, 4) is 0 Å². The van der Waals surface area contributed by atoms with Gasteiger partial charge in [0.15, 0.2) is 0 Å². The van der Waals surface area contributed by atoms with Crippen molar-refractivity contribution in [3.05, 3.63) is 35.0 Å². The molecule has 1 amide bonds. The van der Waals surface area contributed by atoms with E-state index in [4.69, 9.17) is 0 Å². The van der Waals surface area contributed by atoms with Gasteiger partial charge in [-0.2, -0.15) is 0 Å². The number of carbonyl (C=O) groups excluding carboxylic acids is 1. The molecular formula is C12H18N2OS. The summed E-state index contributed by atoms with van der Waals surface area (Å²) < 4.78 is 0. The highest BCUT2D eigenvalue weighted by molar-refractivity contribution is 7.09. The molecule has 2 N–H and O–H groups in total. The Balaban J connectivity index is 2.20. The van der Waals surface area contributed by atoms with E-state index in [1.54, 1.807) is 17.4 Å². The number of amides is 1. The zero-order chi connectivity index (χ0) is 11.8. The first-order valence-corrected chi connectivity index (χ1v) is 6.23. The van der Waals surface area contributed by atoms with E-state index in [-0.39, 0.29) is 11.9 Å². The lowest BCUT2D eigenvalue weighted by Crippen LogP contribution is -2.39. The topological polar surface area (TPSA) is 41.1 Å². The molecule has 0 fully saturated rings. The van der Waals surface area contributed by atoms with Crippen molar-refractivity contribution in [1.82, 2.24) is 10.6 Å². The van der Waals surface area contributed by atoms with Gasteiger partial charge in [0.1, 0.15) is 0 Å². The molecular weight excluding hydrogens is 220 g/mol. The van der Waals surface area contributed by atoms with Crippen molar-refractivity contribution in [2.45, 2.75) is 19.4 Å². The molecule has 0 saturated carbocycles. The lowest BCUT2D eigenvalue weighted by atomic mass is 10.2. The standard InChI is InChI=1S/C12H18N2OS/c1-3-6-13-9-12(15)14-10(2)8-11-5-4-7-16-11/h3-5,7,10,13H,1,6,8-9H2,2H3,(H,14,15).